The lowest BCUT2D eigenvalue weighted by atomic mass is 10.2. The van der Waals surface area contributed by atoms with Gasteiger partial charge in [-0.15, -0.1) is 0 Å². The van der Waals surface area contributed by atoms with Gasteiger partial charge < -0.3 is 14.8 Å². The van der Waals surface area contributed by atoms with Gasteiger partial charge in [0.15, 0.2) is 16.4 Å². The van der Waals surface area contributed by atoms with Gasteiger partial charge in [0.25, 0.3) is 5.91 Å². The molecule has 1 saturated heterocycles. The largest absolute Gasteiger partial charge is 0.493 e. The minimum atomic E-state index is -3.00. The molecule has 0 aliphatic carbocycles. The molecule has 7 heteroatoms. The molecule has 1 heterocycles. The van der Waals surface area contributed by atoms with Crippen molar-refractivity contribution < 1.29 is 22.7 Å². The Morgan fingerprint density at radius 3 is 2.61 bits per heavy atom. The predicted octanol–water partition coefficient (Wildman–Crippen LogP) is 1.40. The summed E-state index contributed by atoms with van der Waals surface area (Å²) in [6.07, 6.45) is 0.465. The lowest BCUT2D eigenvalue weighted by Gasteiger charge is -2.13. The molecule has 0 aromatic heterocycles. The van der Waals surface area contributed by atoms with Crippen molar-refractivity contribution in [1.82, 2.24) is 5.32 Å². The molecule has 6 nitrogen and oxygen atoms in total. The van der Waals surface area contributed by atoms with Crippen LogP contribution in [0.2, 0.25) is 0 Å². The van der Waals surface area contributed by atoms with E-state index in [2.05, 4.69) is 19.2 Å². The number of rotatable bonds is 7. The molecule has 1 aromatic carbocycles. The van der Waals surface area contributed by atoms with Gasteiger partial charge in [-0.2, -0.15) is 0 Å². The highest BCUT2D eigenvalue weighted by atomic mass is 32.2. The number of carbonyl (C=O) groups is 1. The standard InChI is InChI=1S/C16H23NO5S/c1-12(2)9-21-14-4-3-5-15(8-14)22-10-16(18)17-13-6-7-23(19,20)11-13/h3-5,8,12-13H,6-7,9-11H2,1-2H3,(H,17,18)/t13-/m0/s1. The fourth-order valence-corrected chi connectivity index (χ4v) is 3.92. The molecule has 0 bridgehead atoms. The van der Waals surface area contributed by atoms with E-state index in [-0.39, 0.29) is 30.1 Å². The third-order valence-electron chi connectivity index (χ3n) is 3.36. The van der Waals surface area contributed by atoms with Crippen LogP contribution in [0.25, 0.3) is 0 Å². The van der Waals surface area contributed by atoms with Gasteiger partial charge in [-0.1, -0.05) is 19.9 Å². The Morgan fingerprint density at radius 2 is 2.00 bits per heavy atom. The maximum absolute atomic E-state index is 11.8. The Hall–Kier alpha value is -1.76. The van der Waals surface area contributed by atoms with Crippen molar-refractivity contribution >= 4 is 15.7 Å². The van der Waals surface area contributed by atoms with E-state index in [1.807, 2.05) is 6.07 Å². The summed E-state index contributed by atoms with van der Waals surface area (Å²) in [5.74, 6) is 1.48. The molecule has 1 aromatic rings. The second-order valence-corrected chi connectivity index (χ2v) is 8.36. The van der Waals surface area contributed by atoms with Crippen molar-refractivity contribution in [2.45, 2.75) is 26.3 Å². The first kappa shape index (κ1) is 17.6. The van der Waals surface area contributed by atoms with Crippen LogP contribution in [-0.2, 0) is 14.6 Å². The molecule has 0 radical (unpaired) electrons. The Labute approximate surface area is 137 Å². The fourth-order valence-electron chi connectivity index (χ4n) is 2.24. The number of nitrogens with one attached hydrogen (secondary N) is 1. The number of sulfone groups is 1. The van der Waals surface area contributed by atoms with Crippen molar-refractivity contribution in [2.24, 2.45) is 5.92 Å². The van der Waals surface area contributed by atoms with E-state index in [1.54, 1.807) is 18.2 Å². The van der Waals surface area contributed by atoms with E-state index in [1.165, 1.54) is 0 Å². The van der Waals surface area contributed by atoms with Crippen molar-refractivity contribution in [3.63, 3.8) is 0 Å². The van der Waals surface area contributed by atoms with E-state index in [0.29, 0.717) is 30.4 Å². The van der Waals surface area contributed by atoms with E-state index in [9.17, 15) is 13.2 Å². The summed E-state index contributed by atoms with van der Waals surface area (Å²) >= 11 is 0. The number of ether oxygens (including phenoxy) is 2. The second-order valence-electron chi connectivity index (χ2n) is 6.14. The summed E-state index contributed by atoms with van der Waals surface area (Å²) in [4.78, 5) is 11.8. The lowest BCUT2D eigenvalue weighted by Crippen LogP contribution is -2.38. The third kappa shape index (κ3) is 6.09. The molecule has 0 unspecified atom stereocenters. The Bertz CT molecular complexity index is 642. The zero-order chi connectivity index (χ0) is 16.9. The Morgan fingerprint density at radius 1 is 1.30 bits per heavy atom. The number of hydrogen-bond acceptors (Lipinski definition) is 5. The van der Waals surface area contributed by atoms with Gasteiger partial charge in [0.1, 0.15) is 11.5 Å². The number of amides is 1. The van der Waals surface area contributed by atoms with Crippen LogP contribution < -0.4 is 14.8 Å². The van der Waals surface area contributed by atoms with Crippen LogP contribution in [0.1, 0.15) is 20.3 Å². The van der Waals surface area contributed by atoms with Gasteiger partial charge in [-0.3, -0.25) is 4.79 Å². The van der Waals surface area contributed by atoms with Gasteiger partial charge in [0.2, 0.25) is 0 Å². The van der Waals surface area contributed by atoms with Crippen LogP contribution in [0.5, 0.6) is 11.5 Å². The Balaban J connectivity index is 1.79. The normalized spacial score (nSPS) is 19.5. The van der Waals surface area contributed by atoms with E-state index < -0.39 is 9.84 Å². The first-order valence-corrected chi connectivity index (χ1v) is 9.51. The molecule has 1 aliphatic rings. The van der Waals surface area contributed by atoms with E-state index in [0.717, 1.165) is 0 Å². The topological polar surface area (TPSA) is 81.7 Å². The highest BCUT2D eigenvalue weighted by Gasteiger charge is 2.28. The molecule has 23 heavy (non-hydrogen) atoms. The van der Waals surface area contributed by atoms with Crippen LogP contribution in [-0.4, -0.2) is 45.1 Å². The van der Waals surface area contributed by atoms with Crippen molar-refractivity contribution in [3.05, 3.63) is 24.3 Å². The molecular formula is C16H23NO5S. The maximum atomic E-state index is 11.8. The van der Waals surface area contributed by atoms with Gasteiger partial charge in [0, 0.05) is 12.1 Å². The SMILES string of the molecule is CC(C)COc1cccc(OCC(=O)N[C@H]2CCS(=O)(=O)C2)c1. The molecular weight excluding hydrogens is 318 g/mol. The van der Waals surface area contributed by atoms with E-state index in [4.69, 9.17) is 9.47 Å². The van der Waals surface area contributed by atoms with Gasteiger partial charge in [0.05, 0.1) is 18.1 Å². The molecule has 1 N–H and O–H groups in total. The summed E-state index contributed by atoms with van der Waals surface area (Å²) in [6, 6.07) is 6.80. The molecule has 1 fully saturated rings. The molecule has 0 saturated carbocycles. The maximum Gasteiger partial charge on any atom is 0.258 e. The molecule has 0 spiro atoms. The van der Waals surface area contributed by atoms with E-state index >= 15 is 0 Å². The summed E-state index contributed by atoms with van der Waals surface area (Å²) < 4.78 is 33.7. The number of hydrogen-bond donors (Lipinski definition) is 1. The zero-order valence-electron chi connectivity index (χ0n) is 13.4. The monoisotopic (exact) mass is 341 g/mol. The van der Waals surface area contributed by atoms with Crippen LogP contribution in [0.15, 0.2) is 24.3 Å². The average molecular weight is 341 g/mol. The highest BCUT2D eigenvalue weighted by Crippen LogP contribution is 2.20. The van der Waals surface area contributed by atoms with Crippen molar-refractivity contribution in [3.8, 4) is 11.5 Å². The molecule has 128 valence electrons. The average Bonchev–Trinajstić information content (AvgIpc) is 2.82. The molecule has 1 atom stereocenters. The van der Waals surface area contributed by atoms with Gasteiger partial charge in [-0.05, 0) is 24.5 Å². The van der Waals surface area contributed by atoms with Crippen LogP contribution in [0, 0.1) is 5.92 Å². The zero-order valence-corrected chi connectivity index (χ0v) is 14.3. The predicted molar refractivity (Wildman–Crippen MR) is 87.5 cm³/mol. The minimum absolute atomic E-state index is 0.0112. The van der Waals surface area contributed by atoms with Crippen LogP contribution >= 0.6 is 0 Å². The molecule has 1 aliphatic heterocycles. The fraction of sp³-hybridized carbons (Fsp3) is 0.562. The van der Waals surface area contributed by atoms with Crippen LogP contribution in [0.4, 0.5) is 0 Å². The summed E-state index contributed by atoms with van der Waals surface area (Å²) in [5, 5.41) is 2.69. The summed E-state index contributed by atoms with van der Waals surface area (Å²) in [6.45, 7) is 4.59. The minimum Gasteiger partial charge on any atom is -0.493 e. The quantitative estimate of drug-likeness (QED) is 0.811. The smallest absolute Gasteiger partial charge is 0.258 e. The number of benzene rings is 1. The Kier molecular flexibility index (Phi) is 5.87. The molecule has 1 amide bonds. The van der Waals surface area contributed by atoms with Gasteiger partial charge >= 0.3 is 0 Å². The third-order valence-corrected chi connectivity index (χ3v) is 5.12. The first-order valence-electron chi connectivity index (χ1n) is 7.69. The summed E-state index contributed by atoms with van der Waals surface area (Å²) in [5.41, 5.74) is 0. The first-order chi connectivity index (χ1) is 10.8. The lowest BCUT2D eigenvalue weighted by molar-refractivity contribution is -0.123. The molecule has 2 rings (SSSR count). The van der Waals surface area contributed by atoms with Crippen molar-refractivity contribution in [1.29, 1.82) is 0 Å². The summed E-state index contributed by atoms with van der Waals surface area (Å²) in [7, 11) is -3.00. The van der Waals surface area contributed by atoms with Crippen LogP contribution in [0.3, 0.4) is 0 Å². The second kappa shape index (κ2) is 7.68. The van der Waals surface area contributed by atoms with Gasteiger partial charge in [-0.25, -0.2) is 8.42 Å². The van der Waals surface area contributed by atoms with Crippen molar-refractivity contribution in [2.75, 3.05) is 24.7 Å². The highest BCUT2D eigenvalue weighted by molar-refractivity contribution is 7.91. The number of carbonyl (C=O) groups excluding carboxylic acids is 1.